The van der Waals surface area contributed by atoms with Gasteiger partial charge in [0.25, 0.3) is 0 Å². The zero-order valence-electron chi connectivity index (χ0n) is 11.2. The van der Waals surface area contributed by atoms with Crippen LogP contribution in [0.5, 0.6) is 0 Å². The Kier molecular flexibility index (Phi) is 8.20. The van der Waals surface area contributed by atoms with E-state index in [1.165, 1.54) is 12.8 Å². The van der Waals surface area contributed by atoms with E-state index < -0.39 is 0 Å². The number of thiocarbonyl (C=S) groups is 1. The largest absolute Gasteiger partial charge is 0.362 e. The average molecular weight is 262 g/mol. The van der Waals surface area contributed by atoms with Gasteiger partial charge < -0.3 is 10.6 Å². The van der Waals surface area contributed by atoms with Gasteiger partial charge in [-0.2, -0.15) is 11.8 Å². The summed E-state index contributed by atoms with van der Waals surface area (Å²) in [7, 11) is 0. The van der Waals surface area contributed by atoms with E-state index in [-0.39, 0.29) is 0 Å². The third kappa shape index (κ3) is 5.94. The van der Waals surface area contributed by atoms with Crippen LogP contribution >= 0.6 is 24.0 Å². The van der Waals surface area contributed by atoms with Crippen LogP contribution in [0.2, 0.25) is 0 Å². The maximum atomic E-state index is 5.25. The van der Waals surface area contributed by atoms with Crippen LogP contribution in [0.25, 0.3) is 0 Å². The molecule has 0 heterocycles. The van der Waals surface area contributed by atoms with E-state index in [4.69, 9.17) is 12.2 Å². The lowest BCUT2D eigenvalue weighted by Gasteiger charge is -2.30. The summed E-state index contributed by atoms with van der Waals surface area (Å²) in [6.07, 6.45) is 4.52. The molecule has 0 fully saturated rings. The summed E-state index contributed by atoms with van der Waals surface area (Å²) in [6, 6.07) is 0. The van der Waals surface area contributed by atoms with Crippen LogP contribution in [0.3, 0.4) is 0 Å². The van der Waals surface area contributed by atoms with E-state index in [1.54, 1.807) is 0 Å². The van der Waals surface area contributed by atoms with Gasteiger partial charge in [0, 0.05) is 17.8 Å². The van der Waals surface area contributed by atoms with Crippen LogP contribution in [0.1, 0.15) is 40.5 Å². The molecule has 0 saturated heterocycles. The maximum Gasteiger partial charge on any atom is 0.166 e. The molecule has 96 valence electrons. The first kappa shape index (κ1) is 16.0. The highest BCUT2D eigenvalue weighted by molar-refractivity contribution is 8.00. The molecule has 0 saturated carbocycles. The average Bonchev–Trinajstić information content (AvgIpc) is 2.29. The smallest absolute Gasteiger partial charge is 0.166 e. The lowest BCUT2D eigenvalue weighted by molar-refractivity contribution is 0.532. The second-order valence-corrected chi connectivity index (χ2v) is 6.23. The van der Waals surface area contributed by atoms with Crippen molar-refractivity contribution in [1.29, 1.82) is 0 Å². The predicted octanol–water partition coefficient (Wildman–Crippen LogP) is 3.03. The van der Waals surface area contributed by atoms with Gasteiger partial charge in [-0.15, -0.1) is 0 Å². The van der Waals surface area contributed by atoms with Crippen LogP contribution in [0, 0.1) is 5.92 Å². The van der Waals surface area contributed by atoms with Crippen LogP contribution in [-0.2, 0) is 0 Å². The first-order chi connectivity index (χ1) is 7.49. The van der Waals surface area contributed by atoms with Gasteiger partial charge in [-0.3, -0.25) is 0 Å². The van der Waals surface area contributed by atoms with Crippen molar-refractivity contribution in [3.8, 4) is 0 Å². The van der Waals surface area contributed by atoms with E-state index in [0.29, 0.717) is 10.7 Å². The lowest BCUT2D eigenvalue weighted by atomic mass is 10.0. The standard InChI is InChI=1S/C12H26N2S2/c1-6-12(7-2,16-5)9-14-11(15)13-8-10(3)4/h10H,6-9H2,1-5H3,(H2,13,14,15). The second-order valence-electron chi connectivity index (χ2n) is 4.55. The summed E-state index contributed by atoms with van der Waals surface area (Å²) in [6.45, 7) is 10.7. The minimum atomic E-state index is 0.323. The number of rotatable bonds is 7. The van der Waals surface area contributed by atoms with Gasteiger partial charge in [0.15, 0.2) is 5.11 Å². The molecule has 0 amide bonds. The number of hydrogen-bond acceptors (Lipinski definition) is 2. The van der Waals surface area contributed by atoms with Gasteiger partial charge in [0.05, 0.1) is 0 Å². The SMILES string of the molecule is CCC(CC)(CNC(=S)NCC(C)C)SC. The summed E-state index contributed by atoms with van der Waals surface area (Å²) < 4.78 is 0.323. The molecule has 0 aliphatic carbocycles. The van der Waals surface area contributed by atoms with Crippen molar-refractivity contribution in [3.63, 3.8) is 0 Å². The Morgan fingerprint density at radius 3 is 2.19 bits per heavy atom. The highest BCUT2D eigenvalue weighted by Crippen LogP contribution is 2.29. The first-order valence-corrected chi connectivity index (χ1v) is 7.69. The molecule has 0 aromatic heterocycles. The Bertz CT molecular complexity index is 193. The maximum absolute atomic E-state index is 5.25. The number of nitrogens with one attached hydrogen (secondary N) is 2. The van der Waals surface area contributed by atoms with Crippen molar-refractivity contribution in [2.24, 2.45) is 5.92 Å². The fraction of sp³-hybridized carbons (Fsp3) is 0.917. The van der Waals surface area contributed by atoms with Gasteiger partial charge in [-0.05, 0) is 37.2 Å². The fourth-order valence-corrected chi connectivity index (χ4v) is 2.41. The molecule has 2 N–H and O–H groups in total. The Morgan fingerprint density at radius 2 is 1.81 bits per heavy atom. The van der Waals surface area contributed by atoms with E-state index >= 15 is 0 Å². The summed E-state index contributed by atoms with van der Waals surface area (Å²) in [5, 5.41) is 7.36. The van der Waals surface area contributed by atoms with Crippen LogP contribution in [-0.4, -0.2) is 29.2 Å². The third-order valence-electron chi connectivity index (χ3n) is 2.96. The van der Waals surface area contributed by atoms with Crippen molar-refractivity contribution in [1.82, 2.24) is 10.6 Å². The normalized spacial score (nSPS) is 11.6. The van der Waals surface area contributed by atoms with Gasteiger partial charge in [0.2, 0.25) is 0 Å². The molecule has 0 aliphatic heterocycles. The molecule has 0 unspecified atom stereocenters. The molecule has 0 aromatic carbocycles. The molecular formula is C12H26N2S2. The quantitative estimate of drug-likeness (QED) is 0.689. The van der Waals surface area contributed by atoms with Crippen molar-refractivity contribution in [3.05, 3.63) is 0 Å². The Morgan fingerprint density at radius 1 is 1.25 bits per heavy atom. The molecule has 0 aliphatic rings. The van der Waals surface area contributed by atoms with Crippen molar-refractivity contribution >= 4 is 29.1 Å². The number of hydrogen-bond donors (Lipinski definition) is 2. The minimum Gasteiger partial charge on any atom is -0.362 e. The van der Waals surface area contributed by atoms with Gasteiger partial charge >= 0.3 is 0 Å². The van der Waals surface area contributed by atoms with E-state index in [2.05, 4.69) is 44.6 Å². The third-order valence-corrected chi connectivity index (χ3v) is 4.84. The van der Waals surface area contributed by atoms with Crippen molar-refractivity contribution < 1.29 is 0 Å². The van der Waals surface area contributed by atoms with Gasteiger partial charge in [-0.1, -0.05) is 27.7 Å². The molecule has 0 aromatic rings. The Hall–Kier alpha value is 0.0400. The number of thioether (sulfide) groups is 1. The van der Waals surface area contributed by atoms with Crippen molar-refractivity contribution in [2.45, 2.75) is 45.3 Å². The molecule has 16 heavy (non-hydrogen) atoms. The molecule has 4 heteroatoms. The zero-order valence-corrected chi connectivity index (χ0v) is 12.9. The highest BCUT2D eigenvalue weighted by Gasteiger charge is 2.24. The monoisotopic (exact) mass is 262 g/mol. The predicted molar refractivity (Wildman–Crippen MR) is 80.3 cm³/mol. The van der Waals surface area contributed by atoms with Crippen LogP contribution in [0.4, 0.5) is 0 Å². The minimum absolute atomic E-state index is 0.323. The fourth-order valence-electron chi connectivity index (χ4n) is 1.46. The summed E-state index contributed by atoms with van der Waals surface area (Å²) in [4.78, 5) is 0. The van der Waals surface area contributed by atoms with E-state index in [0.717, 1.165) is 18.2 Å². The van der Waals surface area contributed by atoms with Crippen LogP contribution in [0.15, 0.2) is 0 Å². The molecule has 0 bridgehead atoms. The summed E-state index contributed by atoms with van der Waals surface area (Å²) >= 11 is 7.19. The summed E-state index contributed by atoms with van der Waals surface area (Å²) in [5.74, 6) is 0.627. The Labute approximate surface area is 110 Å². The lowest BCUT2D eigenvalue weighted by Crippen LogP contribution is -2.44. The molecule has 0 rings (SSSR count). The van der Waals surface area contributed by atoms with Gasteiger partial charge in [0.1, 0.15) is 0 Å². The molecule has 0 atom stereocenters. The first-order valence-electron chi connectivity index (χ1n) is 6.06. The van der Waals surface area contributed by atoms with Gasteiger partial charge in [-0.25, -0.2) is 0 Å². The highest BCUT2D eigenvalue weighted by atomic mass is 32.2. The molecule has 0 radical (unpaired) electrons. The zero-order chi connectivity index (χ0) is 12.6. The van der Waals surface area contributed by atoms with Crippen molar-refractivity contribution in [2.75, 3.05) is 19.3 Å². The topological polar surface area (TPSA) is 24.1 Å². The van der Waals surface area contributed by atoms with E-state index in [1.807, 2.05) is 11.8 Å². The Balaban J connectivity index is 3.97. The summed E-state index contributed by atoms with van der Waals surface area (Å²) in [5.41, 5.74) is 0. The van der Waals surface area contributed by atoms with E-state index in [9.17, 15) is 0 Å². The second kappa shape index (κ2) is 8.18. The molecule has 2 nitrogen and oxygen atoms in total. The molecular weight excluding hydrogens is 236 g/mol. The van der Waals surface area contributed by atoms with Crippen LogP contribution < -0.4 is 10.6 Å². The molecule has 0 spiro atoms.